The molecule has 0 aliphatic heterocycles. The van der Waals surface area contributed by atoms with Crippen LogP contribution in [0.1, 0.15) is 25.3 Å². The van der Waals surface area contributed by atoms with Gasteiger partial charge in [0.25, 0.3) is 0 Å². The minimum absolute atomic E-state index is 0.0176. The molecule has 0 bridgehead atoms. The Hall–Kier alpha value is -1.49. The number of hydrogen-bond donors (Lipinski definition) is 1. The van der Waals surface area contributed by atoms with E-state index in [2.05, 4.69) is 5.32 Å². The number of thioether (sulfide) groups is 1. The molecule has 1 amide bonds. The molecule has 0 radical (unpaired) electrons. The number of carbonyl (C=O) groups is 1. The second-order valence-corrected chi connectivity index (χ2v) is 8.21. The molecule has 3 rings (SSSR count). The Morgan fingerprint density at radius 1 is 1.28 bits per heavy atom. The third-order valence-electron chi connectivity index (χ3n) is 4.01. The molecule has 1 atom stereocenters. The molecular formula is C20H22ClNO2S. The zero-order valence-corrected chi connectivity index (χ0v) is 15.8. The SMILES string of the molecule is CC(Sc1ccc(Cl)cc1)C(=O)Nc1cccc(COCC2CC2)c1. The number of nitrogens with one attached hydrogen (secondary N) is 1. The summed E-state index contributed by atoms with van der Waals surface area (Å²) in [5.74, 6) is 0.740. The highest BCUT2D eigenvalue weighted by atomic mass is 35.5. The summed E-state index contributed by atoms with van der Waals surface area (Å²) >= 11 is 7.40. The number of halogens is 1. The van der Waals surface area contributed by atoms with E-state index in [4.69, 9.17) is 16.3 Å². The van der Waals surface area contributed by atoms with Crippen LogP contribution in [0.25, 0.3) is 0 Å². The molecule has 25 heavy (non-hydrogen) atoms. The molecule has 1 fully saturated rings. The second-order valence-electron chi connectivity index (χ2n) is 6.36. The summed E-state index contributed by atoms with van der Waals surface area (Å²) < 4.78 is 5.71. The first-order valence-corrected chi connectivity index (χ1v) is 9.75. The van der Waals surface area contributed by atoms with Gasteiger partial charge in [-0.2, -0.15) is 0 Å². The van der Waals surface area contributed by atoms with E-state index in [1.165, 1.54) is 24.6 Å². The molecule has 2 aromatic carbocycles. The van der Waals surface area contributed by atoms with Gasteiger partial charge in [-0.15, -0.1) is 11.8 Å². The van der Waals surface area contributed by atoms with Crippen LogP contribution in [0, 0.1) is 5.92 Å². The molecule has 1 aliphatic rings. The summed E-state index contributed by atoms with van der Waals surface area (Å²) in [6.45, 7) is 3.33. The molecule has 0 heterocycles. The van der Waals surface area contributed by atoms with Gasteiger partial charge >= 0.3 is 0 Å². The summed E-state index contributed by atoms with van der Waals surface area (Å²) in [5.41, 5.74) is 1.89. The van der Waals surface area contributed by atoms with Gasteiger partial charge in [0.05, 0.1) is 11.9 Å². The number of amides is 1. The van der Waals surface area contributed by atoms with E-state index < -0.39 is 0 Å². The van der Waals surface area contributed by atoms with Crippen molar-refractivity contribution >= 4 is 35.0 Å². The van der Waals surface area contributed by atoms with E-state index in [-0.39, 0.29) is 11.2 Å². The van der Waals surface area contributed by atoms with Crippen LogP contribution >= 0.6 is 23.4 Å². The lowest BCUT2D eigenvalue weighted by atomic mass is 10.2. The number of hydrogen-bond acceptors (Lipinski definition) is 3. The highest BCUT2D eigenvalue weighted by Gasteiger charge is 2.21. The smallest absolute Gasteiger partial charge is 0.237 e. The van der Waals surface area contributed by atoms with E-state index in [0.717, 1.165) is 28.7 Å². The minimum Gasteiger partial charge on any atom is -0.376 e. The lowest BCUT2D eigenvalue weighted by Crippen LogP contribution is -2.22. The molecule has 5 heteroatoms. The fourth-order valence-corrected chi connectivity index (χ4v) is 3.37. The molecule has 1 aliphatic carbocycles. The second kappa shape index (κ2) is 8.75. The van der Waals surface area contributed by atoms with Gasteiger partial charge in [0.1, 0.15) is 0 Å². The molecule has 2 aromatic rings. The summed E-state index contributed by atoms with van der Waals surface area (Å²) in [5, 5.41) is 3.48. The average Bonchev–Trinajstić information content (AvgIpc) is 3.41. The van der Waals surface area contributed by atoms with Crippen molar-refractivity contribution in [3.8, 4) is 0 Å². The Morgan fingerprint density at radius 3 is 2.76 bits per heavy atom. The Labute approximate surface area is 158 Å². The maximum absolute atomic E-state index is 12.4. The summed E-state index contributed by atoms with van der Waals surface area (Å²) in [7, 11) is 0. The van der Waals surface area contributed by atoms with Crippen LogP contribution in [0.3, 0.4) is 0 Å². The van der Waals surface area contributed by atoms with Gasteiger partial charge in [0, 0.05) is 22.2 Å². The Morgan fingerprint density at radius 2 is 2.04 bits per heavy atom. The number of benzene rings is 2. The first-order valence-electron chi connectivity index (χ1n) is 8.50. The number of carbonyl (C=O) groups excluding carboxylic acids is 1. The van der Waals surface area contributed by atoms with Crippen LogP contribution < -0.4 is 5.32 Å². The summed E-state index contributed by atoms with van der Waals surface area (Å²) in [6.07, 6.45) is 2.58. The van der Waals surface area contributed by atoms with Gasteiger partial charge in [-0.1, -0.05) is 23.7 Å². The Bertz CT molecular complexity index is 716. The molecule has 0 spiro atoms. The largest absolute Gasteiger partial charge is 0.376 e. The van der Waals surface area contributed by atoms with Gasteiger partial charge < -0.3 is 10.1 Å². The fourth-order valence-electron chi connectivity index (χ4n) is 2.38. The predicted octanol–water partition coefficient (Wildman–Crippen LogP) is 5.39. The molecular weight excluding hydrogens is 354 g/mol. The first kappa shape index (κ1) is 18.3. The van der Waals surface area contributed by atoms with Crippen LogP contribution in [-0.2, 0) is 16.1 Å². The van der Waals surface area contributed by atoms with Crippen LogP contribution in [0.5, 0.6) is 0 Å². The van der Waals surface area contributed by atoms with Gasteiger partial charge in [-0.3, -0.25) is 4.79 Å². The molecule has 0 saturated heterocycles. The van der Waals surface area contributed by atoms with Crippen molar-refractivity contribution in [2.75, 3.05) is 11.9 Å². The predicted molar refractivity (Wildman–Crippen MR) is 104 cm³/mol. The van der Waals surface area contributed by atoms with Gasteiger partial charge in [0.2, 0.25) is 5.91 Å². The Kier molecular flexibility index (Phi) is 6.40. The molecule has 132 valence electrons. The van der Waals surface area contributed by atoms with E-state index in [1.54, 1.807) is 0 Å². The maximum atomic E-state index is 12.4. The zero-order chi connectivity index (χ0) is 17.6. The van der Waals surface area contributed by atoms with Crippen molar-refractivity contribution in [2.24, 2.45) is 5.92 Å². The topological polar surface area (TPSA) is 38.3 Å². The lowest BCUT2D eigenvalue weighted by molar-refractivity contribution is -0.115. The molecule has 1 saturated carbocycles. The van der Waals surface area contributed by atoms with E-state index in [9.17, 15) is 4.79 Å². The fraction of sp³-hybridized carbons (Fsp3) is 0.350. The molecule has 1 N–H and O–H groups in total. The number of ether oxygens (including phenoxy) is 1. The number of anilines is 1. The van der Waals surface area contributed by atoms with Crippen LogP contribution in [-0.4, -0.2) is 17.8 Å². The number of rotatable bonds is 8. The van der Waals surface area contributed by atoms with Crippen molar-refractivity contribution in [1.82, 2.24) is 0 Å². The highest BCUT2D eigenvalue weighted by molar-refractivity contribution is 8.00. The van der Waals surface area contributed by atoms with Crippen molar-refractivity contribution < 1.29 is 9.53 Å². The third kappa shape index (κ3) is 6.07. The first-order chi connectivity index (χ1) is 12.1. The van der Waals surface area contributed by atoms with Gasteiger partial charge in [-0.25, -0.2) is 0 Å². The Balaban J connectivity index is 1.51. The highest BCUT2D eigenvalue weighted by Crippen LogP contribution is 2.29. The average molecular weight is 376 g/mol. The quantitative estimate of drug-likeness (QED) is 0.629. The van der Waals surface area contributed by atoms with Crippen molar-refractivity contribution in [3.63, 3.8) is 0 Å². The van der Waals surface area contributed by atoms with E-state index >= 15 is 0 Å². The van der Waals surface area contributed by atoms with Gasteiger partial charge in [0.15, 0.2) is 0 Å². The van der Waals surface area contributed by atoms with Crippen molar-refractivity contribution in [2.45, 2.75) is 36.5 Å². The van der Waals surface area contributed by atoms with Crippen LogP contribution in [0.15, 0.2) is 53.4 Å². The van der Waals surface area contributed by atoms with Crippen molar-refractivity contribution in [3.05, 3.63) is 59.1 Å². The standard InChI is InChI=1S/C20H22ClNO2S/c1-14(25-19-9-7-17(21)8-10-19)20(23)22-18-4-2-3-16(11-18)13-24-12-15-5-6-15/h2-4,7-11,14-15H,5-6,12-13H2,1H3,(H,22,23). The van der Waals surface area contributed by atoms with E-state index in [1.807, 2.05) is 55.5 Å². The molecule has 0 aromatic heterocycles. The lowest BCUT2D eigenvalue weighted by Gasteiger charge is -2.13. The zero-order valence-electron chi connectivity index (χ0n) is 14.2. The van der Waals surface area contributed by atoms with Gasteiger partial charge in [-0.05, 0) is 67.6 Å². The maximum Gasteiger partial charge on any atom is 0.237 e. The molecule has 1 unspecified atom stereocenters. The van der Waals surface area contributed by atoms with E-state index in [0.29, 0.717) is 11.6 Å². The summed E-state index contributed by atoms with van der Waals surface area (Å²) in [6, 6.07) is 15.4. The third-order valence-corrected chi connectivity index (χ3v) is 5.37. The summed E-state index contributed by atoms with van der Waals surface area (Å²) in [4.78, 5) is 13.4. The normalized spacial score (nSPS) is 15.0. The van der Waals surface area contributed by atoms with Crippen molar-refractivity contribution in [1.29, 1.82) is 0 Å². The van der Waals surface area contributed by atoms with Crippen LogP contribution in [0.2, 0.25) is 5.02 Å². The van der Waals surface area contributed by atoms with Crippen LogP contribution in [0.4, 0.5) is 5.69 Å². The minimum atomic E-state index is -0.198. The molecule has 3 nitrogen and oxygen atoms in total. The monoisotopic (exact) mass is 375 g/mol.